The first-order chi connectivity index (χ1) is 10.9. The van der Waals surface area contributed by atoms with Crippen molar-refractivity contribution in [3.63, 3.8) is 0 Å². The molecule has 4 nitrogen and oxygen atoms in total. The van der Waals surface area contributed by atoms with Gasteiger partial charge in [-0.3, -0.25) is 4.79 Å². The molecule has 0 heterocycles. The first-order valence-electron chi connectivity index (χ1n) is 6.60. The highest BCUT2D eigenvalue weighted by Crippen LogP contribution is 2.26. The molecule has 0 spiro atoms. The van der Waals surface area contributed by atoms with Gasteiger partial charge in [0.05, 0.1) is 17.7 Å². The van der Waals surface area contributed by atoms with Crippen LogP contribution < -0.4 is 0 Å². The largest absolute Gasteiger partial charge is 0.481 e. The molecule has 2 rings (SSSR count). The first kappa shape index (κ1) is 16.9. The van der Waals surface area contributed by atoms with E-state index in [4.69, 9.17) is 21.9 Å². The van der Waals surface area contributed by atoms with Gasteiger partial charge in [-0.15, -0.1) is 0 Å². The number of nitrogens with zero attached hydrogens (tertiary/aromatic N) is 1. The van der Waals surface area contributed by atoms with Crippen LogP contribution in [-0.4, -0.2) is 22.0 Å². The van der Waals surface area contributed by atoms with Crippen molar-refractivity contribution < 1.29 is 23.9 Å². The van der Waals surface area contributed by atoms with Gasteiger partial charge in [-0.05, 0) is 35.4 Å². The zero-order valence-electron chi connectivity index (χ0n) is 11.8. The summed E-state index contributed by atoms with van der Waals surface area (Å²) in [6.45, 7) is 0. The van der Waals surface area contributed by atoms with E-state index in [1.165, 1.54) is 0 Å². The standard InChI is InChI=1S/C16H12ClF2NO3/c17-11-3-1-9(2-4-11)10-7-12(18)16(13(19)8-10)14(20-23)5-6-15(21)22/h1-4,7-8,23H,5-6H2,(H,21,22). The third-order valence-electron chi connectivity index (χ3n) is 3.20. The lowest BCUT2D eigenvalue weighted by atomic mass is 9.99. The molecule has 23 heavy (non-hydrogen) atoms. The summed E-state index contributed by atoms with van der Waals surface area (Å²) in [4.78, 5) is 10.6. The van der Waals surface area contributed by atoms with Crippen molar-refractivity contribution >= 4 is 23.3 Å². The van der Waals surface area contributed by atoms with Crippen LogP contribution in [-0.2, 0) is 4.79 Å². The van der Waals surface area contributed by atoms with Gasteiger partial charge in [0.15, 0.2) is 0 Å². The molecule has 0 aliphatic rings. The fourth-order valence-electron chi connectivity index (χ4n) is 2.11. The summed E-state index contributed by atoms with van der Waals surface area (Å²) in [5, 5.41) is 20.8. The van der Waals surface area contributed by atoms with Crippen molar-refractivity contribution in [3.8, 4) is 11.1 Å². The summed E-state index contributed by atoms with van der Waals surface area (Å²) in [5.74, 6) is -3.04. The molecule has 0 saturated carbocycles. The van der Waals surface area contributed by atoms with Crippen LogP contribution in [0.3, 0.4) is 0 Å². The first-order valence-corrected chi connectivity index (χ1v) is 6.98. The summed E-state index contributed by atoms with van der Waals surface area (Å²) >= 11 is 5.77. The van der Waals surface area contributed by atoms with Crippen LogP contribution in [0.2, 0.25) is 5.02 Å². The molecule has 2 aromatic rings. The van der Waals surface area contributed by atoms with E-state index in [0.717, 1.165) is 12.1 Å². The van der Waals surface area contributed by atoms with E-state index in [-0.39, 0.29) is 17.7 Å². The maximum atomic E-state index is 14.2. The third kappa shape index (κ3) is 4.04. The minimum absolute atomic E-state index is 0.288. The van der Waals surface area contributed by atoms with Gasteiger partial charge >= 0.3 is 5.97 Å². The monoisotopic (exact) mass is 339 g/mol. The highest BCUT2D eigenvalue weighted by atomic mass is 35.5. The van der Waals surface area contributed by atoms with Gasteiger partial charge in [-0.1, -0.05) is 28.9 Å². The molecule has 0 aromatic heterocycles. The Balaban J connectivity index is 2.40. The predicted octanol–water partition coefficient (Wildman–Crippen LogP) is 4.33. The number of aliphatic carboxylic acids is 1. The molecule has 0 bridgehead atoms. The molecular weight excluding hydrogens is 328 g/mol. The van der Waals surface area contributed by atoms with Crippen LogP contribution in [0.5, 0.6) is 0 Å². The van der Waals surface area contributed by atoms with Crippen LogP contribution in [0.1, 0.15) is 18.4 Å². The number of hydrogen-bond donors (Lipinski definition) is 2. The van der Waals surface area contributed by atoms with Crippen LogP contribution >= 0.6 is 11.6 Å². The molecule has 0 aliphatic heterocycles. The summed E-state index contributed by atoms with van der Waals surface area (Å²) in [5.41, 5.74) is -0.0424. The Bertz CT molecular complexity index is 737. The molecular formula is C16H12ClF2NO3. The zero-order valence-corrected chi connectivity index (χ0v) is 12.5. The van der Waals surface area contributed by atoms with E-state index in [0.29, 0.717) is 10.6 Å². The van der Waals surface area contributed by atoms with Gasteiger partial charge in [-0.25, -0.2) is 8.78 Å². The van der Waals surface area contributed by atoms with Crippen molar-refractivity contribution in [3.05, 3.63) is 58.6 Å². The van der Waals surface area contributed by atoms with E-state index in [1.54, 1.807) is 24.3 Å². The zero-order chi connectivity index (χ0) is 17.0. The predicted molar refractivity (Wildman–Crippen MR) is 82.0 cm³/mol. The van der Waals surface area contributed by atoms with Crippen LogP contribution in [0.4, 0.5) is 8.78 Å². The lowest BCUT2D eigenvalue weighted by Gasteiger charge is -2.09. The average Bonchev–Trinajstić information content (AvgIpc) is 2.50. The van der Waals surface area contributed by atoms with Crippen molar-refractivity contribution in [1.29, 1.82) is 0 Å². The Hall–Kier alpha value is -2.47. The molecule has 0 unspecified atom stereocenters. The Kier molecular flexibility index (Phi) is 5.28. The molecule has 120 valence electrons. The van der Waals surface area contributed by atoms with E-state index < -0.39 is 29.6 Å². The minimum Gasteiger partial charge on any atom is -0.481 e. The summed E-state index contributed by atoms with van der Waals surface area (Å²) in [6, 6.07) is 8.59. The van der Waals surface area contributed by atoms with E-state index in [1.807, 2.05) is 0 Å². The van der Waals surface area contributed by atoms with Gasteiger partial charge in [-0.2, -0.15) is 0 Å². The average molecular weight is 340 g/mol. The number of hydrogen-bond acceptors (Lipinski definition) is 3. The Morgan fingerprint density at radius 2 is 1.61 bits per heavy atom. The number of oxime groups is 1. The van der Waals surface area contributed by atoms with Gasteiger partial charge in [0.2, 0.25) is 0 Å². The smallest absolute Gasteiger partial charge is 0.303 e. The van der Waals surface area contributed by atoms with Crippen molar-refractivity contribution in [2.75, 3.05) is 0 Å². The maximum Gasteiger partial charge on any atom is 0.303 e. The number of rotatable bonds is 5. The van der Waals surface area contributed by atoms with Gasteiger partial charge in [0.25, 0.3) is 0 Å². The second-order valence-electron chi connectivity index (χ2n) is 4.76. The molecule has 0 atom stereocenters. The summed E-state index contributed by atoms with van der Waals surface area (Å²) < 4.78 is 28.5. The topological polar surface area (TPSA) is 69.9 Å². The van der Waals surface area contributed by atoms with E-state index >= 15 is 0 Å². The summed E-state index contributed by atoms with van der Waals surface area (Å²) in [7, 11) is 0. The van der Waals surface area contributed by atoms with Crippen molar-refractivity contribution in [2.24, 2.45) is 5.16 Å². The molecule has 2 N–H and O–H groups in total. The number of carboxylic acids is 1. The fourth-order valence-corrected chi connectivity index (χ4v) is 2.23. The van der Waals surface area contributed by atoms with Crippen LogP contribution in [0.15, 0.2) is 41.6 Å². The number of halogens is 3. The van der Waals surface area contributed by atoms with Gasteiger partial charge in [0, 0.05) is 11.4 Å². The molecule has 0 saturated heterocycles. The van der Waals surface area contributed by atoms with Gasteiger partial charge in [0.1, 0.15) is 11.6 Å². The van der Waals surface area contributed by atoms with E-state index in [2.05, 4.69) is 5.16 Å². The molecule has 0 aliphatic carbocycles. The molecule has 7 heteroatoms. The second-order valence-corrected chi connectivity index (χ2v) is 5.20. The second kappa shape index (κ2) is 7.19. The lowest BCUT2D eigenvalue weighted by molar-refractivity contribution is -0.136. The number of carboxylic acid groups (broad SMARTS) is 1. The molecule has 0 amide bonds. The Labute approximate surface area is 135 Å². The quantitative estimate of drug-likeness (QED) is 0.484. The summed E-state index contributed by atoms with van der Waals surface area (Å²) in [6.07, 6.45) is -0.697. The SMILES string of the molecule is O=C(O)CCC(=NO)c1c(F)cc(-c2ccc(Cl)cc2)cc1F. The third-order valence-corrected chi connectivity index (χ3v) is 3.46. The van der Waals surface area contributed by atoms with E-state index in [9.17, 15) is 13.6 Å². The van der Waals surface area contributed by atoms with Crippen LogP contribution in [0.25, 0.3) is 11.1 Å². The highest BCUT2D eigenvalue weighted by molar-refractivity contribution is 6.30. The van der Waals surface area contributed by atoms with Gasteiger partial charge < -0.3 is 10.3 Å². The van der Waals surface area contributed by atoms with Crippen molar-refractivity contribution in [2.45, 2.75) is 12.8 Å². The maximum absolute atomic E-state index is 14.2. The number of carbonyl (C=O) groups is 1. The number of benzene rings is 2. The van der Waals surface area contributed by atoms with Crippen molar-refractivity contribution in [1.82, 2.24) is 0 Å². The highest BCUT2D eigenvalue weighted by Gasteiger charge is 2.19. The Morgan fingerprint density at radius 3 is 2.09 bits per heavy atom. The minimum atomic E-state index is -1.16. The fraction of sp³-hybridized carbons (Fsp3) is 0.125. The molecule has 0 radical (unpaired) electrons. The van der Waals surface area contributed by atoms with Crippen LogP contribution in [0, 0.1) is 11.6 Å². The normalized spacial score (nSPS) is 11.5. The lowest BCUT2D eigenvalue weighted by Crippen LogP contribution is -2.10. The Morgan fingerprint density at radius 1 is 1.04 bits per heavy atom. The molecule has 0 fully saturated rings. The molecule has 2 aromatic carbocycles.